The van der Waals surface area contributed by atoms with Gasteiger partial charge in [-0.15, -0.1) is 12.6 Å². The van der Waals surface area contributed by atoms with Gasteiger partial charge in [0.05, 0.1) is 33.0 Å². The van der Waals surface area contributed by atoms with E-state index in [4.69, 9.17) is 36.3 Å². The summed E-state index contributed by atoms with van der Waals surface area (Å²) < 4.78 is 32.2. The van der Waals surface area contributed by atoms with Crippen molar-refractivity contribution in [3.8, 4) is 0 Å². The van der Waals surface area contributed by atoms with E-state index in [-0.39, 0.29) is 0 Å². The van der Waals surface area contributed by atoms with Gasteiger partial charge in [0.15, 0.2) is 0 Å². The largest absolute Gasteiger partial charge is 0.374 e. The van der Waals surface area contributed by atoms with Gasteiger partial charge in [-0.25, -0.2) is 0 Å². The summed E-state index contributed by atoms with van der Waals surface area (Å²) in [5, 5.41) is 0. The van der Waals surface area contributed by atoms with Crippen molar-refractivity contribution >= 4 is 12.6 Å². The molecule has 5 nitrogen and oxygen atoms in total. The summed E-state index contributed by atoms with van der Waals surface area (Å²) in [6.07, 6.45) is -1.73. The van der Waals surface area contributed by atoms with Crippen LogP contribution in [0.1, 0.15) is 22.3 Å². The van der Waals surface area contributed by atoms with Crippen molar-refractivity contribution in [2.45, 2.75) is 56.3 Å². The highest BCUT2D eigenvalue weighted by atomic mass is 32.1. The first kappa shape index (κ1) is 28.6. The Labute approximate surface area is 242 Å². The molecule has 6 heteroatoms. The van der Waals surface area contributed by atoms with Crippen LogP contribution in [0.25, 0.3) is 0 Å². The summed E-state index contributed by atoms with van der Waals surface area (Å²) in [6, 6.07) is 40.4. The highest BCUT2D eigenvalue weighted by Gasteiger charge is 2.47. The zero-order valence-corrected chi connectivity index (χ0v) is 23.4. The topological polar surface area (TPSA) is 46.2 Å². The van der Waals surface area contributed by atoms with Crippen molar-refractivity contribution in [3.63, 3.8) is 0 Å². The second-order valence-corrected chi connectivity index (χ2v) is 10.4. The van der Waals surface area contributed by atoms with Crippen molar-refractivity contribution in [1.29, 1.82) is 0 Å². The number of hydrogen-bond acceptors (Lipinski definition) is 6. The summed E-state index contributed by atoms with van der Waals surface area (Å²) in [5.41, 5.74) is 3.79. The van der Waals surface area contributed by atoms with Gasteiger partial charge in [0.1, 0.15) is 29.9 Å². The maximum Gasteiger partial charge on any atom is 0.129 e. The molecule has 1 fully saturated rings. The van der Waals surface area contributed by atoms with Gasteiger partial charge >= 0.3 is 0 Å². The van der Waals surface area contributed by atoms with Crippen molar-refractivity contribution in [2.75, 3.05) is 6.61 Å². The van der Waals surface area contributed by atoms with Gasteiger partial charge in [0.2, 0.25) is 0 Å². The second kappa shape index (κ2) is 15.1. The molecule has 208 valence electrons. The van der Waals surface area contributed by atoms with E-state index >= 15 is 0 Å². The highest BCUT2D eigenvalue weighted by molar-refractivity contribution is 7.80. The summed E-state index contributed by atoms with van der Waals surface area (Å²) >= 11 is 4.83. The van der Waals surface area contributed by atoms with E-state index in [0.717, 1.165) is 22.3 Å². The summed E-state index contributed by atoms with van der Waals surface area (Å²) in [4.78, 5) is 0. The molecule has 5 atom stereocenters. The molecule has 4 aromatic carbocycles. The van der Waals surface area contributed by atoms with E-state index in [9.17, 15) is 0 Å². The Hall–Kier alpha value is -2.97. The molecule has 1 aliphatic heterocycles. The Bertz CT molecular complexity index is 1240. The fraction of sp³-hybridized carbons (Fsp3) is 0.294. The highest BCUT2D eigenvalue weighted by Crippen LogP contribution is 2.32. The van der Waals surface area contributed by atoms with Crippen LogP contribution in [0.15, 0.2) is 121 Å². The minimum absolute atomic E-state index is 0.335. The molecule has 1 heterocycles. The Kier molecular flexibility index (Phi) is 10.8. The third-order valence-electron chi connectivity index (χ3n) is 6.86. The number of ether oxygens (including phenoxy) is 5. The van der Waals surface area contributed by atoms with Crippen molar-refractivity contribution < 1.29 is 23.7 Å². The van der Waals surface area contributed by atoms with Gasteiger partial charge in [-0.05, 0) is 22.3 Å². The zero-order valence-electron chi connectivity index (χ0n) is 22.5. The molecule has 4 aromatic rings. The third-order valence-corrected chi connectivity index (χ3v) is 7.27. The molecule has 0 bridgehead atoms. The molecule has 0 aliphatic carbocycles. The van der Waals surface area contributed by atoms with Crippen LogP contribution in [0, 0.1) is 0 Å². The fourth-order valence-electron chi connectivity index (χ4n) is 4.77. The van der Waals surface area contributed by atoms with E-state index in [2.05, 4.69) is 24.3 Å². The van der Waals surface area contributed by atoms with E-state index in [0.29, 0.717) is 33.0 Å². The molecule has 0 unspecified atom stereocenters. The van der Waals surface area contributed by atoms with Gasteiger partial charge in [-0.3, -0.25) is 0 Å². The minimum atomic E-state index is -0.522. The molecular weight excluding hydrogens is 520 g/mol. The SMILES string of the molecule is S[C@H]1O[C@H](COCc2ccccc2)[C@@H](OCc2ccccc2)[C@H](OCc2ccccc2)[C@@H]1OCc1ccccc1. The maximum absolute atomic E-state index is 6.60. The predicted molar refractivity (Wildman–Crippen MR) is 159 cm³/mol. The fourth-order valence-corrected chi connectivity index (χ4v) is 5.18. The molecule has 0 N–H and O–H groups in total. The van der Waals surface area contributed by atoms with Gasteiger partial charge in [0.25, 0.3) is 0 Å². The summed E-state index contributed by atoms with van der Waals surface area (Å²) in [7, 11) is 0. The van der Waals surface area contributed by atoms with Crippen LogP contribution in [-0.4, -0.2) is 36.5 Å². The Morgan fingerprint density at radius 1 is 0.475 bits per heavy atom. The van der Waals surface area contributed by atoms with Crippen LogP contribution in [0.2, 0.25) is 0 Å². The predicted octanol–water partition coefficient (Wildman–Crippen LogP) is 6.61. The first-order chi connectivity index (χ1) is 19.8. The van der Waals surface area contributed by atoms with E-state index in [1.807, 2.05) is 97.1 Å². The molecule has 0 radical (unpaired) electrons. The quantitative estimate of drug-likeness (QED) is 0.188. The first-order valence-electron chi connectivity index (χ1n) is 13.7. The number of thiol groups is 1. The molecule has 0 amide bonds. The summed E-state index contributed by atoms with van der Waals surface area (Å²) in [6.45, 7) is 2.06. The van der Waals surface area contributed by atoms with Crippen LogP contribution >= 0.6 is 12.6 Å². The molecule has 0 saturated carbocycles. The second-order valence-electron chi connectivity index (χ2n) is 9.85. The van der Waals surface area contributed by atoms with Gasteiger partial charge in [0, 0.05) is 0 Å². The average molecular weight is 557 g/mol. The van der Waals surface area contributed by atoms with Gasteiger partial charge < -0.3 is 23.7 Å². The van der Waals surface area contributed by atoms with Crippen molar-refractivity contribution in [1.82, 2.24) is 0 Å². The van der Waals surface area contributed by atoms with E-state index in [1.165, 1.54) is 0 Å². The number of rotatable bonds is 13. The zero-order chi connectivity index (χ0) is 27.4. The lowest BCUT2D eigenvalue weighted by atomic mass is 9.98. The minimum Gasteiger partial charge on any atom is -0.374 e. The van der Waals surface area contributed by atoms with Crippen molar-refractivity contribution in [3.05, 3.63) is 144 Å². The average Bonchev–Trinajstić information content (AvgIpc) is 3.01. The molecule has 1 aliphatic rings. The molecule has 1 saturated heterocycles. The first-order valence-corrected chi connectivity index (χ1v) is 14.2. The van der Waals surface area contributed by atoms with Crippen LogP contribution < -0.4 is 0 Å². The lowest BCUT2D eigenvalue weighted by molar-refractivity contribution is -0.254. The molecule has 0 aromatic heterocycles. The number of benzene rings is 4. The maximum atomic E-state index is 6.60. The molecular formula is C34H36O5S. The lowest BCUT2D eigenvalue weighted by Gasteiger charge is -2.45. The smallest absolute Gasteiger partial charge is 0.129 e. The molecule has 40 heavy (non-hydrogen) atoms. The van der Waals surface area contributed by atoms with Crippen LogP contribution in [0.5, 0.6) is 0 Å². The Balaban J connectivity index is 1.36. The number of hydrogen-bond donors (Lipinski definition) is 1. The van der Waals surface area contributed by atoms with Crippen LogP contribution in [0.3, 0.4) is 0 Å². The third kappa shape index (κ3) is 8.27. The van der Waals surface area contributed by atoms with Gasteiger partial charge in [-0.2, -0.15) is 0 Å². The van der Waals surface area contributed by atoms with Crippen LogP contribution in [0.4, 0.5) is 0 Å². The summed E-state index contributed by atoms with van der Waals surface area (Å²) in [5.74, 6) is 0. The normalized spacial score (nSPS) is 22.7. The molecule has 0 spiro atoms. The van der Waals surface area contributed by atoms with E-state index < -0.39 is 29.9 Å². The monoisotopic (exact) mass is 556 g/mol. The molecule has 5 rings (SSSR count). The Morgan fingerprint density at radius 2 is 0.850 bits per heavy atom. The van der Waals surface area contributed by atoms with Crippen molar-refractivity contribution in [2.24, 2.45) is 0 Å². The van der Waals surface area contributed by atoms with Gasteiger partial charge in [-0.1, -0.05) is 121 Å². The standard InChI is InChI=1S/C34H36O5S/c40-34-33(38-24-29-19-11-4-12-20-29)32(37-23-28-17-9-3-10-18-28)31(36-22-27-15-7-2-8-16-27)30(39-34)25-35-21-26-13-5-1-6-14-26/h1-20,30-34,40H,21-25H2/t30-,31-,32+,33+,34-/m1/s1. The van der Waals surface area contributed by atoms with E-state index in [1.54, 1.807) is 0 Å². The Morgan fingerprint density at radius 3 is 1.30 bits per heavy atom. The lowest BCUT2D eigenvalue weighted by Crippen LogP contribution is -2.59. The van der Waals surface area contributed by atoms with Crippen LogP contribution in [-0.2, 0) is 50.1 Å².